The molecule has 0 spiro atoms. The van der Waals surface area contributed by atoms with Gasteiger partial charge in [-0.05, 0) is 25.3 Å². The Morgan fingerprint density at radius 1 is 1.16 bits per heavy atom. The zero-order chi connectivity index (χ0) is 27.0. The van der Waals surface area contributed by atoms with Gasteiger partial charge in [0.15, 0.2) is 22.1 Å². The van der Waals surface area contributed by atoms with E-state index in [1.165, 1.54) is 4.68 Å². The molecular formula is C24H28F3N7O3S. The van der Waals surface area contributed by atoms with Gasteiger partial charge in [0.1, 0.15) is 6.10 Å². The van der Waals surface area contributed by atoms with Crippen LogP contribution in [0.25, 0.3) is 11.2 Å². The summed E-state index contributed by atoms with van der Waals surface area (Å²) in [6.07, 6.45) is -7.00. The van der Waals surface area contributed by atoms with E-state index in [1.807, 2.05) is 30.3 Å². The van der Waals surface area contributed by atoms with E-state index in [0.29, 0.717) is 17.9 Å². The van der Waals surface area contributed by atoms with Crippen LogP contribution in [0.2, 0.25) is 0 Å². The van der Waals surface area contributed by atoms with Gasteiger partial charge in [0.25, 0.3) is 0 Å². The highest BCUT2D eigenvalue weighted by Crippen LogP contribution is 2.44. The van der Waals surface area contributed by atoms with Gasteiger partial charge in [0.2, 0.25) is 5.91 Å². The van der Waals surface area contributed by atoms with Gasteiger partial charge in [-0.2, -0.15) is 13.2 Å². The van der Waals surface area contributed by atoms with Crippen molar-refractivity contribution in [1.29, 1.82) is 0 Å². The van der Waals surface area contributed by atoms with Crippen LogP contribution < -0.4 is 10.6 Å². The molecule has 3 aromatic rings. The SMILES string of the molecule is CCNC(=O)C1CC(n2nnc3c(NC4CC4c4ccccc4)nc(SCCC(F)(F)F)nc32)C(O)C1O. The first-order valence-electron chi connectivity index (χ1n) is 12.4. The lowest BCUT2D eigenvalue weighted by Crippen LogP contribution is -2.38. The molecule has 1 aromatic carbocycles. The Balaban J connectivity index is 1.44. The number of halogens is 3. The summed E-state index contributed by atoms with van der Waals surface area (Å²) in [7, 11) is 0. The predicted octanol–water partition coefficient (Wildman–Crippen LogP) is 2.65. The fourth-order valence-electron chi connectivity index (χ4n) is 4.87. The number of aromatic nitrogens is 5. The number of alkyl halides is 3. The van der Waals surface area contributed by atoms with Gasteiger partial charge in [-0.25, -0.2) is 14.6 Å². The first kappa shape index (κ1) is 26.6. The lowest BCUT2D eigenvalue weighted by Gasteiger charge is -2.17. The molecule has 2 fully saturated rings. The van der Waals surface area contributed by atoms with Crippen LogP contribution in [0.15, 0.2) is 35.5 Å². The van der Waals surface area contributed by atoms with Crippen LogP contribution in [-0.4, -0.2) is 77.8 Å². The fraction of sp³-hybridized carbons (Fsp3) is 0.542. The average Bonchev–Trinajstić information content (AvgIpc) is 3.41. The first-order chi connectivity index (χ1) is 18.2. The van der Waals surface area contributed by atoms with Crippen LogP contribution >= 0.6 is 11.8 Å². The minimum Gasteiger partial charge on any atom is -0.390 e. The highest BCUT2D eigenvalue weighted by molar-refractivity contribution is 7.99. The third-order valence-electron chi connectivity index (χ3n) is 6.91. The fourth-order valence-corrected chi connectivity index (χ4v) is 5.70. The van der Waals surface area contributed by atoms with Gasteiger partial charge in [-0.1, -0.05) is 47.3 Å². The molecule has 0 saturated heterocycles. The van der Waals surface area contributed by atoms with Crippen LogP contribution in [0.4, 0.5) is 19.0 Å². The average molecular weight is 552 g/mol. The Morgan fingerprint density at radius 2 is 1.92 bits per heavy atom. The summed E-state index contributed by atoms with van der Waals surface area (Å²) in [5, 5.41) is 35.8. The largest absolute Gasteiger partial charge is 0.390 e. The standard InChI is InChI=1S/C24H28F3N7O3S/c1-2-28-22(37)14-11-16(19(36)18(14)35)34-21-17(32-33-34)20(30-23(31-21)38-9-8-24(25,26)27)29-15-10-13(15)12-6-4-3-5-7-12/h3-7,13-16,18-19,35-36H,2,8-11H2,1H3,(H,28,37)(H,29,30,31). The number of thioether (sulfide) groups is 1. The molecule has 2 saturated carbocycles. The second kappa shape index (κ2) is 10.7. The summed E-state index contributed by atoms with van der Waals surface area (Å²) in [6.45, 7) is 2.13. The minimum atomic E-state index is -4.31. The van der Waals surface area contributed by atoms with E-state index < -0.39 is 36.8 Å². The number of benzene rings is 1. The molecule has 204 valence electrons. The summed E-state index contributed by atoms with van der Waals surface area (Å²) in [5.74, 6) is -0.912. The summed E-state index contributed by atoms with van der Waals surface area (Å²) in [6, 6.07) is 9.18. The third kappa shape index (κ3) is 5.57. The molecule has 0 aliphatic heterocycles. The van der Waals surface area contributed by atoms with E-state index in [0.717, 1.165) is 23.7 Å². The highest BCUT2D eigenvalue weighted by atomic mass is 32.2. The Hall–Kier alpha value is -2.97. The van der Waals surface area contributed by atoms with Crippen LogP contribution in [0.1, 0.15) is 43.7 Å². The zero-order valence-electron chi connectivity index (χ0n) is 20.5. The number of aliphatic hydroxyl groups excluding tert-OH is 2. The highest BCUT2D eigenvalue weighted by Gasteiger charge is 2.47. The topological polar surface area (TPSA) is 138 Å². The Kier molecular flexibility index (Phi) is 7.47. The van der Waals surface area contributed by atoms with Crippen molar-refractivity contribution in [3.8, 4) is 0 Å². The van der Waals surface area contributed by atoms with Crippen molar-refractivity contribution in [2.45, 2.75) is 67.7 Å². The molecule has 4 N–H and O–H groups in total. The number of amides is 1. The molecule has 6 atom stereocenters. The van der Waals surface area contributed by atoms with Gasteiger partial charge in [-0.3, -0.25) is 4.79 Å². The van der Waals surface area contributed by atoms with Gasteiger partial charge >= 0.3 is 6.18 Å². The van der Waals surface area contributed by atoms with Crippen LogP contribution in [0, 0.1) is 5.92 Å². The molecule has 2 aliphatic rings. The van der Waals surface area contributed by atoms with Crippen molar-refractivity contribution in [1.82, 2.24) is 30.3 Å². The van der Waals surface area contributed by atoms with Gasteiger partial charge < -0.3 is 20.8 Å². The molecule has 2 aromatic heterocycles. The molecule has 2 heterocycles. The number of carbonyl (C=O) groups is 1. The maximum atomic E-state index is 12.8. The van der Waals surface area contributed by atoms with E-state index in [2.05, 4.69) is 30.9 Å². The second-order valence-corrected chi connectivity index (χ2v) is 10.6. The second-order valence-electron chi connectivity index (χ2n) is 9.56. The van der Waals surface area contributed by atoms with E-state index in [1.54, 1.807) is 6.92 Å². The lowest BCUT2D eigenvalue weighted by atomic mass is 10.0. The smallest absolute Gasteiger partial charge is 0.389 e. The summed E-state index contributed by atoms with van der Waals surface area (Å²) in [4.78, 5) is 21.3. The summed E-state index contributed by atoms with van der Waals surface area (Å²) >= 11 is 0.862. The molecule has 1 amide bonds. The van der Waals surface area contributed by atoms with E-state index >= 15 is 0 Å². The molecule has 6 unspecified atom stereocenters. The molecule has 0 bridgehead atoms. The predicted molar refractivity (Wildman–Crippen MR) is 134 cm³/mol. The number of carbonyl (C=O) groups excluding carboxylic acids is 1. The molecule has 14 heteroatoms. The van der Waals surface area contributed by atoms with Gasteiger partial charge in [-0.15, -0.1) is 5.10 Å². The van der Waals surface area contributed by atoms with E-state index in [4.69, 9.17) is 0 Å². The van der Waals surface area contributed by atoms with Crippen molar-refractivity contribution in [3.63, 3.8) is 0 Å². The van der Waals surface area contributed by atoms with Crippen LogP contribution in [0.3, 0.4) is 0 Å². The number of fused-ring (bicyclic) bond motifs is 1. The maximum absolute atomic E-state index is 12.8. The lowest BCUT2D eigenvalue weighted by molar-refractivity contribution is -0.130. The molecule has 38 heavy (non-hydrogen) atoms. The monoisotopic (exact) mass is 551 g/mol. The Labute approximate surface area is 220 Å². The number of rotatable bonds is 9. The number of anilines is 1. The van der Waals surface area contributed by atoms with Crippen molar-refractivity contribution < 1.29 is 28.2 Å². The number of nitrogens with zero attached hydrogens (tertiary/aromatic N) is 5. The van der Waals surface area contributed by atoms with Crippen molar-refractivity contribution in [2.24, 2.45) is 5.92 Å². The molecule has 10 nitrogen and oxygen atoms in total. The molecule has 2 aliphatic carbocycles. The Morgan fingerprint density at radius 3 is 2.63 bits per heavy atom. The third-order valence-corrected chi connectivity index (χ3v) is 7.76. The Bertz CT molecular complexity index is 1290. The zero-order valence-corrected chi connectivity index (χ0v) is 21.3. The number of hydrogen-bond acceptors (Lipinski definition) is 9. The normalized spacial score (nSPS) is 27.0. The van der Waals surface area contributed by atoms with Crippen molar-refractivity contribution in [2.75, 3.05) is 17.6 Å². The molecule has 0 radical (unpaired) electrons. The van der Waals surface area contributed by atoms with Crippen molar-refractivity contribution in [3.05, 3.63) is 35.9 Å². The molecular weight excluding hydrogens is 523 g/mol. The minimum absolute atomic E-state index is 0.0506. The summed E-state index contributed by atoms with van der Waals surface area (Å²) in [5.41, 5.74) is 1.67. The van der Waals surface area contributed by atoms with Gasteiger partial charge in [0, 0.05) is 24.3 Å². The van der Waals surface area contributed by atoms with Crippen LogP contribution in [-0.2, 0) is 4.79 Å². The maximum Gasteiger partial charge on any atom is 0.389 e. The van der Waals surface area contributed by atoms with Crippen LogP contribution in [0.5, 0.6) is 0 Å². The van der Waals surface area contributed by atoms with Gasteiger partial charge in [0.05, 0.1) is 24.5 Å². The van der Waals surface area contributed by atoms with E-state index in [9.17, 15) is 28.2 Å². The summed E-state index contributed by atoms with van der Waals surface area (Å²) < 4.78 is 39.6. The van der Waals surface area contributed by atoms with E-state index in [-0.39, 0.29) is 40.8 Å². The quantitative estimate of drug-likeness (QED) is 0.234. The number of aliphatic hydroxyl groups is 2. The number of hydrogen-bond donors (Lipinski definition) is 4. The van der Waals surface area contributed by atoms with Crippen molar-refractivity contribution >= 4 is 34.7 Å². The molecule has 5 rings (SSSR count). The number of nitrogens with one attached hydrogen (secondary N) is 2. The first-order valence-corrected chi connectivity index (χ1v) is 13.4.